The molecular formula is C20H17F3N2O3. The molecule has 0 saturated heterocycles. The average molecular weight is 390 g/mol. The van der Waals surface area contributed by atoms with Crippen molar-refractivity contribution in [2.75, 3.05) is 5.32 Å². The summed E-state index contributed by atoms with van der Waals surface area (Å²) in [4.78, 5) is 26.0. The van der Waals surface area contributed by atoms with Crippen LogP contribution in [0.5, 0.6) is 5.75 Å². The zero-order valence-corrected chi connectivity index (χ0v) is 14.9. The Balaban J connectivity index is 1.81. The van der Waals surface area contributed by atoms with Gasteiger partial charge in [0.2, 0.25) is 11.8 Å². The van der Waals surface area contributed by atoms with Gasteiger partial charge in [-0.1, -0.05) is 36.4 Å². The number of alkyl halides is 3. The van der Waals surface area contributed by atoms with Crippen LogP contribution in [0.3, 0.4) is 0 Å². The number of rotatable bonds is 4. The van der Waals surface area contributed by atoms with Crippen LogP contribution in [0.1, 0.15) is 30.5 Å². The van der Waals surface area contributed by atoms with E-state index in [0.29, 0.717) is 0 Å². The predicted molar refractivity (Wildman–Crippen MR) is 97.1 cm³/mol. The molecule has 0 spiro atoms. The number of carbonyl (C=O) groups excluding carboxylic acids is 2. The monoisotopic (exact) mass is 390 g/mol. The fraction of sp³-hybridized carbons (Fsp3) is 0.200. The van der Waals surface area contributed by atoms with Crippen molar-refractivity contribution in [2.24, 2.45) is 0 Å². The van der Waals surface area contributed by atoms with Crippen molar-refractivity contribution in [3.05, 3.63) is 65.9 Å². The molecule has 0 saturated carbocycles. The van der Waals surface area contributed by atoms with Crippen LogP contribution in [-0.4, -0.2) is 23.1 Å². The van der Waals surface area contributed by atoms with Gasteiger partial charge in [0.1, 0.15) is 0 Å². The third kappa shape index (κ3) is 4.51. The first-order chi connectivity index (χ1) is 13.2. The quantitative estimate of drug-likeness (QED) is 0.837. The fourth-order valence-electron chi connectivity index (χ4n) is 3.07. The lowest BCUT2D eigenvalue weighted by atomic mass is 9.93. The first-order valence-corrected chi connectivity index (χ1v) is 8.45. The topological polar surface area (TPSA) is 58.6 Å². The summed E-state index contributed by atoms with van der Waals surface area (Å²) in [6.45, 7) is 1.38. The zero-order valence-electron chi connectivity index (χ0n) is 14.9. The first kappa shape index (κ1) is 19.5. The summed E-state index contributed by atoms with van der Waals surface area (Å²) in [6.07, 6.45) is -1.62. The highest BCUT2D eigenvalue weighted by Gasteiger charge is 2.33. The molecular weight excluding hydrogens is 373 g/mol. The second kappa shape index (κ2) is 7.75. The third-order valence-electron chi connectivity index (χ3n) is 4.23. The third-order valence-corrected chi connectivity index (χ3v) is 4.23. The van der Waals surface area contributed by atoms with Crippen LogP contribution < -0.4 is 10.1 Å². The molecule has 5 nitrogen and oxygen atoms in total. The summed E-state index contributed by atoms with van der Waals surface area (Å²) < 4.78 is 41.6. The molecule has 0 bridgehead atoms. The summed E-state index contributed by atoms with van der Waals surface area (Å²) in [5, 5.41) is 2.44. The standard InChI is InChI=1S/C20H17F3N2O3/c1-13(26)25-11-10-14-6-2-3-7-15(14)17(25)12-19(27)24-16-8-4-5-9-18(16)28-20(21,22)23/h2-11,17H,12H2,1H3,(H,24,27)/t17-/m1/s1. The van der Waals surface area contributed by atoms with Crippen LogP contribution in [-0.2, 0) is 9.59 Å². The van der Waals surface area contributed by atoms with Crippen molar-refractivity contribution < 1.29 is 27.5 Å². The van der Waals surface area contributed by atoms with E-state index in [1.807, 2.05) is 18.2 Å². The average Bonchev–Trinajstić information content (AvgIpc) is 2.62. The van der Waals surface area contributed by atoms with Crippen molar-refractivity contribution in [3.8, 4) is 5.75 Å². The normalized spacial score (nSPS) is 15.7. The van der Waals surface area contributed by atoms with Crippen molar-refractivity contribution in [1.29, 1.82) is 0 Å². The van der Waals surface area contributed by atoms with Crippen LogP contribution in [0.25, 0.3) is 6.08 Å². The summed E-state index contributed by atoms with van der Waals surface area (Å²) in [7, 11) is 0. The summed E-state index contributed by atoms with van der Waals surface area (Å²) in [5.74, 6) is -1.29. The van der Waals surface area contributed by atoms with E-state index in [2.05, 4.69) is 10.1 Å². The smallest absolute Gasteiger partial charge is 0.404 e. The molecule has 2 amide bonds. The second-order valence-electron chi connectivity index (χ2n) is 6.18. The Hall–Kier alpha value is -3.29. The van der Waals surface area contributed by atoms with Gasteiger partial charge in [-0.3, -0.25) is 9.59 Å². The van der Waals surface area contributed by atoms with E-state index in [1.165, 1.54) is 30.0 Å². The number of halogens is 3. The van der Waals surface area contributed by atoms with Gasteiger partial charge in [-0.15, -0.1) is 13.2 Å². The molecule has 0 fully saturated rings. The molecule has 1 heterocycles. The largest absolute Gasteiger partial charge is 0.573 e. The number of nitrogens with one attached hydrogen (secondary N) is 1. The van der Waals surface area contributed by atoms with Crippen LogP contribution in [0.2, 0.25) is 0 Å². The summed E-state index contributed by atoms with van der Waals surface area (Å²) in [6, 6.07) is 12.0. The molecule has 1 atom stereocenters. The van der Waals surface area contributed by atoms with Gasteiger partial charge in [0.15, 0.2) is 5.75 Å². The molecule has 0 aromatic heterocycles. The molecule has 0 unspecified atom stereocenters. The molecule has 28 heavy (non-hydrogen) atoms. The van der Waals surface area contributed by atoms with Gasteiger partial charge in [0.25, 0.3) is 0 Å². The highest BCUT2D eigenvalue weighted by molar-refractivity contribution is 5.93. The maximum Gasteiger partial charge on any atom is 0.573 e. The van der Waals surface area contributed by atoms with Crippen LogP contribution in [0.4, 0.5) is 18.9 Å². The number of fused-ring (bicyclic) bond motifs is 1. The van der Waals surface area contributed by atoms with E-state index >= 15 is 0 Å². The minimum Gasteiger partial charge on any atom is -0.404 e. The van der Waals surface area contributed by atoms with Gasteiger partial charge < -0.3 is 15.0 Å². The minimum atomic E-state index is -4.88. The fourth-order valence-corrected chi connectivity index (χ4v) is 3.07. The molecule has 8 heteroatoms. The number of para-hydroxylation sites is 2. The Morgan fingerprint density at radius 1 is 1.11 bits per heavy atom. The Morgan fingerprint density at radius 2 is 1.79 bits per heavy atom. The van der Waals surface area contributed by atoms with Crippen LogP contribution in [0, 0.1) is 0 Å². The number of ether oxygens (including phenoxy) is 1. The molecule has 0 radical (unpaired) electrons. The Labute approximate surface area is 159 Å². The lowest BCUT2D eigenvalue weighted by Crippen LogP contribution is -2.33. The lowest BCUT2D eigenvalue weighted by molar-refractivity contribution is -0.274. The van der Waals surface area contributed by atoms with Gasteiger partial charge in [-0.05, 0) is 29.3 Å². The van der Waals surface area contributed by atoms with E-state index in [9.17, 15) is 22.8 Å². The number of carbonyl (C=O) groups is 2. The molecule has 2 aromatic rings. The summed E-state index contributed by atoms with van der Waals surface area (Å²) in [5.41, 5.74) is 1.56. The SMILES string of the molecule is CC(=O)N1C=Cc2ccccc2[C@H]1CC(=O)Nc1ccccc1OC(F)(F)F. The van der Waals surface area contributed by atoms with Gasteiger partial charge >= 0.3 is 6.36 Å². The van der Waals surface area contributed by atoms with Gasteiger partial charge in [-0.2, -0.15) is 0 Å². The molecule has 1 aliphatic heterocycles. The Kier molecular flexibility index (Phi) is 5.39. The highest BCUT2D eigenvalue weighted by atomic mass is 19.4. The zero-order chi connectivity index (χ0) is 20.3. The second-order valence-corrected chi connectivity index (χ2v) is 6.18. The Morgan fingerprint density at radius 3 is 2.50 bits per heavy atom. The maximum atomic E-state index is 12.6. The molecule has 3 rings (SSSR count). The molecule has 1 N–H and O–H groups in total. The van der Waals surface area contributed by atoms with E-state index in [1.54, 1.807) is 18.3 Å². The number of amides is 2. The molecule has 146 valence electrons. The highest BCUT2D eigenvalue weighted by Crippen LogP contribution is 2.34. The van der Waals surface area contributed by atoms with Crippen molar-refractivity contribution in [2.45, 2.75) is 25.7 Å². The van der Waals surface area contributed by atoms with Gasteiger partial charge in [0, 0.05) is 13.1 Å². The van der Waals surface area contributed by atoms with Crippen molar-refractivity contribution >= 4 is 23.6 Å². The molecule has 2 aromatic carbocycles. The molecule has 0 aliphatic carbocycles. The van der Waals surface area contributed by atoms with E-state index in [4.69, 9.17) is 0 Å². The number of benzene rings is 2. The van der Waals surface area contributed by atoms with Gasteiger partial charge in [0.05, 0.1) is 18.2 Å². The minimum absolute atomic E-state index is 0.0983. The number of nitrogens with zero attached hydrogens (tertiary/aromatic N) is 1. The van der Waals surface area contributed by atoms with Crippen molar-refractivity contribution in [3.63, 3.8) is 0 Å². The van der Waals surface area contributed by atoms with E-state index in [-0.39, 0.29) is 18.0 Å². The van der Waals surface area contributed by atoms with E-state index < -0.39 is 24.1 Å². The lowest BCUT2D eigenvalue weighted by Gasteiger charge is -2.32. The molecule has 1 aliphatic rings. The number of anilines is 1. The van der Waals surface area contributed by atoms with Crippen LogP contribution in [0.15, 0.2) is 54.7 Å². The number of hydrogen-bond acceptors (Lipinski definition) is 3. The van der Waals surface area contributed by atoms with E-state index in [0.717, 1.165) is 17.2 Å². The number of hydrogen-bond donors (Lipinski definition) is 1. The van der Waals surface area contributed by atoms with Crippen LogP contribution >= 0.6 is 0 Å². The van der Waals surface area contributed by atoms with Gasteiger partial charge in [-0.25, -0.2) is 0 Å². The van der Waals surface area contributed by atoms with Crippen molar-refractivity contribution in [1.82, 2.24) is 4.90 Å². The Bertz CT molecular complexity index is 925. The summed E-state index contributed by atoms with van der Waals surface area (Å²) >= 11 is 0. The maximum absolute atomic E-state index is 12.6. The predicted octanol–water partition coefficient (Wildman–Crippen LogP) is 4.49. The first-order valence-electron chi connectivity index (χ1n) is 8.45.